The molecule has 1 aromatic heterocycles. The summed E-state index contributed by atoms with van der Waals surface area (Å²) in [7, 11) is 0. The summed E-state index contributed by atoms with van der Waals surface area (Å²) in [5.41, 5.74) is 0.901. The first-order valence-corrected chi connectivity index (χ1v) is 5.34. The first kappa shape index (κ1) is 10.5. The number of benzene rings is 1. The van der Waals surface area contributed by atoms with E-state index in [4.69, 9.17) is 27.6 Å². The Morgan fingerprint density at radius 3 is 2.80 bits per heavy atom. The molecular formula is C11H9Cl2NO. The monoisotopic (exact) mass is 241 g/mol. The van der Waals surface area contributed by atoms with Gasteiger partial charge in [-0.3, -0.25) is 0 Å². The summed E-state index contributed by atoms with van der Waals surface area (Å²) in [5, 5.41) is 0.447. The molecule has 0 aliphatic carbocycles. The number of rotatable bonds is 2. The van der Waals surface area contributed by atoms with Crippen molar-refractivity contribution in [1.29, 1.82) is 0 Å². The van der Waals surface area contributed by atoms with Gasteiger partial charge in [-0.15, -0.1) is 11.6 Å². The maximum Gasteiger partial charge on any atom is 0.212 e. The van der Waals surface area contributed by atoms with Crippen LogP contribution < -0.4 is 0 Å². The molecule has 1 unspecified atom stereocenters. The van der Waals surface area contributed by atoms with Crippen molar-refractivity contribution in [2.45, 2.75) is 12.3 Å². The molecule has 1 atom stereocenters. The Morgan fingerprint density at radius 1 is 1.40 bits per heavy atom. The van der Waals surface area contributed by atoms with Gasteiger partial charge < -0.3 is 4.42 Å². The van der Waals surface area contributed by atoms with Crippen LogP contribution in [0.15, 0.2) is 34.9 Å². The van der Waals surface area contributed by atoms with E-state index in [1.165, 1.54) is 0 Å². The molecule has 0 saturated carbocycles. The molecule has 0 spiro atoms. The van der Waals surface area contributed by atoms with Crippen molar-refractivity contribution in [3.8, 4) is 11.3 Å². The molecule has 4 heteroatoms. The molecule has 0 fully saturated rings. The summed E-state index contributed by atoms with van der Waals surface area (Å²) >= 11 is 11.7. The second-order valence-electron chi connectivity index (χ2n) is 3.19. The Bertz CT molecular complexity index is 465. The van der Waals surface area contributed by atoms with E-state index in [2.05, 4.69) is 4.98 Å². The Hall–Kier alpha value is -0.990. The molecule has 0 aliphatic heterocycles. The van der Waals surface area contributed by atoms with E-state index in [0.717, 1.165) is 5.56 Å². The van der Waals surface area contributed by atoms with Crippen molar-refractivity contribution in [2.75, 3.05) is 0 Å². The van der Waals surface area contributed by atoms with E-state index in [0.29, 0.717) is 16.7 Å². The Balaban J connectivity index is 2.37. The maximum atomic E-state index is 5.88. The molecule has 0 bridgehead atoms. The van der Waals surface area contributed by atoms with Crippen LogP contribution in [0, 0.1) is 0 Å². The van der Waals surface area contributed by atoms with Gasteiger partial charge in [-0.2, -0.15) is 0 Å². The lowest BCUT2D eigenvalue weighted by atomic mass is 10.2. The van der Waals surface area contributed by atoms with Gasteiger partial charge in [0, 0.05) is 10.6 Å². The summed E-state index contributed by atoms with van der Waals surface area (Å²) in [6.45, 7) is 1.81. The van der Waals surface area contributed by atoms with E-state index in [9.17, 15) is 0 Å². The van der Waals surface area contributed by atoms with Crippen LogP contribution in [0.2, 0.25) is 5.02 Å². The van der Waals surface area contributed by atoms with E-state index >= 15 is 0 Å². The third-order valence-electron chi connectivity index (χ3n) is 1.97. The quantitative estimate of drug-likeness (QED) is 0.734. The van der Waals surface area contributed by atoms with E-state index < -0.39 is 0 Å². The van der Waals surface area contributed by atoms with Crippen molar-refractivity contribution < 1.29 is 4.42 Å². The van der Waals surface area contributed by atoms with Crippen LogP contribution in [0.5, 0.6) is 0 Å². The van der Waals surface area contributed by atoms with Crippen LogP contribution in [0.3, 0.4) is 0 Å². The lowest BCUT2D eigenvalue weighted by Gasteiger charge is -1.97. The normalized spacial score (nSPS) is 12.7. The highest BCUT2D eigenvalue weighted by Gasteiger charge is 2.10. The van der Waals surface area contributed by atoms with Crippen molar-refractivity contribution in [3.05, 3.63) is 41.4 Å². The number of halogens is 2. The molecule has 1 aromatic carbocycles. The largest absolute Gasteiger partial charge is 0.439 e. The van der Waals surface area contributed by atoms with Gasteiger partial charge in [-0.25, -0.2) is 4.98 Å². The van der Waals surface area contributed by atoms with E-state index in [1.54, 1.807) is 6.20 Å². The second kappa shape index (κ2) is 4.25. The minimum atomic E-state index is -0.224. The fourth-order valence-electron chi connectivity index (χ4n) is 1.25. The zero-order chi connectivity index (χ0) is 10.8. The summed E-state index contributed by atoms with van der Waals surface area (Å²) in [4.78, 5) is 4.08. The predicted octanol–water partition coefficient (Wildman–Crippen LogP) is 4.29. The molecule has 78 valence electrons. The summed E-state index contributed by atoms with van der Waals surface area (Å²) < 4.78 is 5.48. The van der Waals surface area contributed by atoms with Gasteiger partial charge >= 0.3 is 0 Å². The molecule has 0 amide bonds. The Morgan fingerprint density at radius 2 is 2.20 bits per heavy atom. The van der Waals surface area contributed by atoms with Crippen molar-refractivity contribution in [1.82, 2.24) is 4.98 Å². The highest BCUT2D eigenvalue weighted by atomic mass is 35.5. The summed E-state index contributed by atoms with van der Waals surface area (Å²) in [5.74, 6) is 1.20. The average Bonchev–Trinajstić information content (AvgIpc) is 2.66. The van der Waals surface area contributed by atoms with Gasteiger partial charge in [0.05, 0.1) is 6.20 Å². The first-order chi connectivity index (χ1) is 7.16. The number of alkyl halides is 1. The fraction of sp³-hybridized carbons (Fsp3) is 0.182. The van der Waals surface area contributed by atoms with Gasteiger partial charge in [0.25, 0.3) is 0 Å². The zero-order valence-corrected chi connectivity index (χ0v) is 9.59. The average molecular weight is 242 g/mol. The molecule has 0 aliphatic rings. The lowest BCUT2D eigenvalue weighted by Crippen LogP contribution is -1.80. The molecular weight excluding hydrogens is 233 g/mol. The smallest absolute Gasteiger partial charge is 0.212 e. The molecule has 15 heavy (non-hydrogen) atoms. The SMILES string of the molecule is CC(Cl)c1ncc(-c2cccc(Cl)c2)o1. The molecule has 2 nitrogen and oxygen atoms in total. The van der Waals surface area contributed by atoms with Crippen LogP contribution in [0.4, 0.5) is 0 Å². The highest BCUT2D eigenvalue weighted by molar-refractivity contribution is 6.30. The third kappa shape index (κ3) is 2.33. The van der Waals surface area contributed by atoms with Crippen LogP contribution >= 0.6 is 23.2 Å². The van der Waals surface area contributed by atoms with Gasteiger partial charge in [0.2, 0.25) is 5.89 Å². The summed E-state index contributed by atoms with van der Waals surface area (Å²) in [6, 6.07) is 7.41. The number of hydrogen-bond acceptors (Lipinski definition) is 2. The van der Waals surface area contributed by atoms with Gasteiger partial charge in [-0.05, 0) is 19.1 Å². The number of oxazole rings is 1. The van der Waals surface area contributed by atoms with E-state index in [1.807, 2.05) is 31.2 Å². The predicted molar refractivity (Wildman–Crippen MR) is 61.2 cm³/mol. The lowest BCUT2D eigenvalue weighted by molar-refractivity contribution is 0.508. The van der Waals surface area contributed by atoms with Crippen molar-refractivity contribution in [3.63, 3.8) is 0 Å². The van der Waals surface area contributed by atoms with Crippen molar-refractivity contribution >= 4 is 23.2 Å². The number of nitrogens with zero attached hydrogens (tertiary/aromatic N) is 1. The maximum absolute atomic E-state index is 5.88. The second-order valence-corrected chi connectivity index (χ2v) is 4.28. The molecule has 2 rings (SSSR count). The van der Waals surface area contributed by atoms with Gasteiger partial charge in [0.15, 0.2) is 5.76 Å². The Labute approximate surface area is 97.8 Å². The van der Waals surface area contributed by atoms with Crippen LogP contribution in [0.1, 0.15) is 18.2 Å². The fourth-order valence-corrected chi connectivity index (χ4v) is 1.54. The van der Waals surface area contributed by atoms with Crippen LogP contribution in [-0.2, 0) is 0 Å². The highest BCUT2D eigenvalue weighted by Crippen LogP contribution is 2.26. The Kier molecular flexibility index (Phi) is 2.98. The molecule has 1 heterocycles. The van der Waals surface area contributed by atoms with Gasteiger partial charge in [-0.1, -0.05) is 23.7 Å². The standard InChI is InChI=1S/C11H9Cl2NO/c1-7(12)11-14-6-10(15-11)8-3-2-4-9(13)5-8/h2-7H,1H3. The zero-order valence-electron chi connectivity index (χ0n) is 8.08. The molecule has 2 aromatic rings. The first-order valence-electron chi connectivity index (χ1n) is 4.52. The summed E-state index contributed by atoms with van der Waals surface area (Å²) in [6.07, 6.45) is 1.65. The topological polar surface area (TPSA) is 26.0 Å². The molecule has 0 saturated heterocycles. The number of aromatic nitrogens is 1. The molecule has 0 radical (unpaired) electrons. The van der Waals surface area contributed by atoms with Crippen LogP contribution in [0.25, 0.3) is 11.3 Å². The minimum absolute atomic E-state index is 0.224. The van der Waals surface area contributed by atoms with Gasteiger partial charge in [0.1, 0.15) is 5.38 Å². The van der Waals surface area contributed by atoms with E-state index in [-0.39, 0.29) is 5.38 Å². The van der Waals surface area contributed by atoms with Crippen LogP contribution in [-0.4, -0.2) is 4.98 Å². The number of hydrogen-bond donors (Lipinski definition) is 0. The third-order valence-corrected chi connectivity index (χ3v) is 2.39. The van der Waals surface area contributed by atoms with Crippen molar-refractivity contribution in [2.24, 2.45) is 0 Å². The molecule has 0 N–H and O–H groups in total. The minimum Gasteiger partial charge on any atom is -0.439 e.